The third-order valence-corrected chi connectivity index (χ3v) is 5.93. The van der Waals surface area contributed by atoms with Gasteiger partial charge in [-0.3, -0.25) is 9.69 Å². The monoisotopic (exact) mass is 454 g/mol. The quantitative estimate of drug-likeness (QED) is 0.542. The van der Waals surface area contributed by atoms with Gasteiger partial charge in [-0.15, -0.1) is 0 Å². The number of halogens is 3. The van der Waals surface area contributed by atoms with Crippen LogP contribution in [0, 0.1) is 42.6 Å². The number of aromatic nitrogens is 1. The van der Waals surface area contributed by atoms with Crippen LogP contribution in [0.2, 0.25) is 0 Å². The van der Waals surface area contributed by atoms with Crippen LogP contribution in [0.3, 0.4) is 0 Å². The van der Waals surface area contributed by atoms with Crippen molar-refractivity contribution in [2.45, 2.75) is 33.4 Å². The van der Waals surface area contributed by atoms with Gasteiger partial charge in [-0.2, -0.15) is 5.26 Å². The lowest BCUT2D eigenvalue weighted by atomic mass is 10.1. The minimum absolute atomic E-state index is 0.0369. The van der Waals surface area contributed by atoms with E-state index in [0.29, 0.717) is 23.5 Å². The Hall–Kier alpha value is -3.57. The largest absolute Gasteiger partial charge is 0.326 e. The molecule has 0 aliphatic rings. The SMILES string of the molecule is Cc1c(C#N)c(NC(=O)CN(C)C(C)c2ccc(F)c(F)c2)n(Cc2ccc(F)cc2)c1C. The van der Waals surface area contributed by atoms with Crippen molar-refractivity contribution >= 4 is 11.7 Å². The van der Waals surface area contributed by atoms with E-state index in [1.54, 1.807) is 31.0 Å². The normalized spacial score (nSPS) is 12.0. The lowest BCUT2D eigenvalue weighted by Crippen LogP contribution is -2.33. The fraction of sp³-hybridized carbons (Fsp3) is 0.280. The van der Waals surface area contributed by atoms with Crippen LogP contribution in [0.25, 0.3) is 0 Å². The van der Waals surface area contributed by atoms with Gasteiger partial charge >= 0.3 is 0 Å². The highest BCUT2D eigenvalue weighted by molar-refractivity contribution is 5.93. The number of hydrogen-bond acceptors (Lipinski definition) is 3. The molecule has 0 radical (unpaired) electrons. The average molecular weight is 454 g/mol. The Balaban J connectivity index is 1.80. The fourth-order valence-corrected chi connectivity index (χ4v) is 3.66. The van der Waals surface area contributed by atoms with E-state index in [2.05, 4.69) is 11.4 Å². The van der Waals surface area contributed by atoms with Gasteiger partial charge in [-0.25, -0.2) is 13.2 Å². The molecule has 2 aromatic carbocycles. The molecular formula is C25H25F3N4O. The van der Waals surface area contributed by atoms with Gasteiger partial charge in [-0.05, 0) is 68.8 Å². The molecule has 3 aromatic rings. The molecule has 0 spiro atoms. The minimum Gasteiger partial charge on any atom is -0.326 e. The van der Waals surface area contributed by atoms with Gasteiger partial charge in [0, 0.05) is 18.3 Å². The predicted octanol–water partition coefficient (Wildman–Crippen LogP) is 5.07. The first kappa shape index (κ1) is 24.1. The molecule has 0 aliphatic heterocycles. The first-order valence-electron chi connectivity index (χ1n) is 10.4. The highest BCUT2D eigenvalue weighted by Gasteiger charge is 2.22. The predicted molar refractivity (Wildman–Crippen MR) is 120 cm³/mol. The number of amides is 1. The summed E-state index contributed by atoms with van der Waals surface area (Å²) in [5.41, 5.74) is 3.28. The zero-order chi connectivity index (χ0) is 24.3. The second-order valence-corrected chi connectivity index (χ2v) is 8.07. The molecule has 0 saturated carbocycles. The van der Waals surface area contributed by atoms with E-state index in [9.17, 15) is 23.2 Å². The topological polar surface area (TPSA) is 61.1 Å². The molecular weight excluding hydrogens is 429 g/mol. The summed E-state index contributed by atoms with van der Waals surface area (Å²) in [6.07, 6.45) is 0. The van der Waals surface area contributed by atoms with Crippen LogP contribution in [0.1, 0.15) is 40.9 Å². The van der Waals surface area contributed by atoms with Crippen LogP contribution in [-0.2, 0) is 11.3 Å². The van der Waals surface area contributed by atoms with E-state index in [1.165, 1.54) is 18.2 Å². The van der Waals surface area contributed by atoms with E-state index in [4.69, 9.17) is 0 Å². The van der Waals surface area contributed by atoms with E-state index >= 15 is 0 Å². The van der Waals surface area contributed by atoms with Crippen LogP contribution in [0.5, 0.6) is 0 Å². The minimum atomic E-state index is -0.944. The summed E-state index contributed by atoms with van der Waals surface area (Å²) in [6, 6.07) is 11.5. The third kappa shape index (κ3) is 5.26. The highest BCUT2D eigenvalue weighted by atomic mass is 19.2. The Labute approximate surface area is 191 Å². The van der Waals surface area contributed by atoms with Crippen molar-refractivity contribution in [3.8, 4) is 6.07 Å². The number of nitrogens with zero attached hydrogens (tertiary/aromatic N) is 3. The Bertz CT molecular complexity index is 1210. The van der Waals surface area contributed by atoms with Crippen LogP contribution >= 0.6 is 0 Å². The molecule has 1 unspecified atom stereocenters. The van der Waals surface area contributed by atoms with E-state index < -0.39 is 11.6 Å². The van der Waals surface area contributed by atoms with Crippen molar-refractivity contribution in [1.29, 1.82) is 5.26 Å². The summed E-state index contributed by atoms with van der Waals surface area (Å²) in [5, 5.41) is 12.5. The average Bonchev–Trinajstić information content (AvgIpc) is 3.00. The number of nitrogens with one attached hydrogen (secondary N) is 1. The standard InChI is InChI=1S/C25H25F3N4O/c1-15-16(2)32(13-18-5-8-20(26)9-6-18)25(21(15)12-29)30-24(33)14-31(4)17(3)19-7-10-22(27)23(28)11-19/h5-11,17H,13-14H2,1-4H3,(H,30,33). The summed E-state index contributed by atoms with van der Waals surface area (Å²) in [4.78, 5) is 14.6. The number of nitriles is 1. The van der Waals surface area contributed by atoms with Crippen LogP contribution in [-0.4, -0.2) is 29.0 Å². The molecule has 0 aliphatic carbocycles. The van der Waals surface area contributed by atoms with Gasteiger partial charge in [0.05, 0.1) is 12.1 Å². The Morgan fingerprint density at radius 1 is 1.12 bits per heavy atom. The van der Waals surface area contributed by atoms with E-state index in [1.807, 2.05) is 18.4 Å². The second-order valence-electron chi connectivity index (χ2n) is 8.07. The van der Waals surface area contributed by atoms with E-state index in [-0.39, 0.29) is 24.3 Å². The molecule has 172 valence electrons. The van der Waals surface area contributed by atoms with Gasteiger partial charge in [0.1, 0.15) is 17.7 Å². The highest BCUT2D eigenvalue weighted by Crippen LogP contribution is 2.28. The zero-order valence-electron chi connectivity index (χ0n) is 18.9. The molecule has 0 fully saturated rings. The molecule has 1 N–H and O–H groups in total. The van der Waals surface area contributed by atoms with Gasteiger partial charge in [0.25, 0.3) is 0 Å². The molecule has 1 amide bonds. The Morgan fingerprint density at radius 3 is 2.39 bits per heavy atom. The van der Waals surface area contributed by atoms with Crippen molar-refractivity contribution in [2.24, 2.45) is 0 Å². The first-order valence-corrected chi connectivity index (χ1v) is 10.4. The van der Waals surface area contributed by atoms with Gasteiger partial charge < -0.3 is 9.88 Å². The molecule has 1 atom stereocenters. The summed E-state index contributed by atoms with van der Waals surface area (Å²) in [5.74, 6) is -2.20. The van der Waals surface area contributed by atoms with Crippen LogP contribution < -0.4 is 5.32 Å². The van der Waals surface area contributed by atoms with Crippen molar-refractivity contribution in [1.82, 2.24) is 9.47 Å². The number of anilines is 1. The molecule has 1 heterocycles. The summed E-state index contributed by atoms with van der Waals surface area (Å²) >= 11 is 0. The maximum atomic E-state index is 13.6. The lowest BCUT2D eigenvalue weighted by Gasteiger charge is -2.25. The molecule has 5 nitrogen and oxygen atoms in total. The smallest absolute Gasteiger partial charge is 0.239 e. The van der Waals surface area contributed by atoms with Crippen LogP contribution in [0.15, 0.2) is 42.5 Å². The number of carbonyl (C=O) groups excluding carboxylic acids is 1. The zero-order valence-corrected chi connectivity index (χ0v) is 18.9. The fourth-order valence-electron chi connectivity index (χ4n) is 3.66. The number of hydrogen-bond donors (Lipinski definition) is 1. The van der Waals surface area contributed by atoms with E-state index in [0.717, 1.165) is 29.0 Å². The maximum Gasteiger partial charge on any atom is 0.239 e. The molecule has 33 heavy (non-hydrogen) atoms. The third-order valence-electron chi connectivity index (χ3n) is 5.93. The molecule has 0 saturated heterocycles. The molecule has 1 aromatic heterocycles. The Morgan fingerprint density at radius 2 is 1.79 bits per heavy atom. The molecule has 3 rings (SSSR count). The summed E-state index contributed by atoms with van der Waals surface area (Å²) in [6.45, 7) is 5.76. The van der Waals surface area contributed by atoms with Crippen LogP contribution in [0.4, 0.5) is 19.0 Å². The van der Waals surface area contributed by atoms with Crippen molar-refractivity contribution in [3.63, 3.8) is 0 Å². The van der Waals surface area contributed by atoms with Crippen molar-refractivity contribution in [3.05, 3.63) is 87.9 Å². The summed E-state index contributed by atoms with van der Waals surface area (Å²) in [7, 11) is 1.70. The van der Waals surface area contributed by atoms with Gasteiger partial charge in [0.2, 0.25) is 5.91 Å². The Kier molecular flexibility index (Phi) is 7.24. The molecule has 8 heteroatoms. The maximum absolute atomic E-state index is 13.6. The second kappa shape index (κ2) is 9.92. The number of rotatable bonds is 7. The first-order chi connectivity index (χ1) is 15.6. The number of benzene rings is 2. The lowest BCUT2D eigenvalue weighted by molar-refractivity contribution is -0.117. The van der Waals surface area contributed by atoms with Gasteiger partial charge in [0.15, 0.2) is 11.6 Å². The number of carbonyl (C=O) groups is 1. The molecule has 0 bridgehead atoms. The summed E-state index contributed by atoms with van der Waals surface area (Å²) < 4.78 is 41.9. The van der Waals surface area contributed by atoms with Crippen molar-refractivity contribution < 1.29 is 18.0 Å². The number of likely N-dealkylation sites (N-methyl/N-ethyl adjacent to an activating group) is 1. The van der Waals surface area contributed by atoms with Gasteiger partial charge in [-0.1, -0.05) is 18.2 Å². The van der Waals surface area contributed by atoms with Crippen molar-refractivity contribution in [2.75, 3.05) is 18.9 Å².